The van der Waals surface area contributed by atoms with E-state index < -0.39 is 0 Å². The number of fused-ring (bicyclic) bond motifs is 1. The Balaban J connectivity index is 2.05. The van der Waals surface area contributed by atoms with E-state index in [4.69, 9.17) is 5.73 Å². The van der Waals surface area contributed by atoms with Crippen LogP contribution in [0, 0.1) is 13.8 Å². The summed E-state index contributed by atoms with van der Waals surface area (Å²) in [7, 11) is 0. The summed E-state index contributed by atoms with van der Waals surface area (Å²) in [5.74, 6) is 0.508. The zero-order chi connectivity index (χ0) is 13.4. The fraction of sp³-hybridized carbons (Fsp3) is 0.200. The fourth-order valence-electron chi connectivity index (χ4n) is 2.16. The molecule has 0 spiro atoms. The largest absolute Gasteiger partial charge is 0.369 e. The third-order valence-electron chi connectivity index (χ3n) is 3.21. The molecule has 4 heteroatoms. The quantitative estimate of drug-likeness (QED) is 0.763. The number of nitrogens with two attached hydrogens (primary N) is 1. The minimum Gasteiger partial charge on any atom is -0.369 e. The number of hydrogen-bond donors (Lipinski definition) is 1. The molecule has 4 nitrogen and oxygen atoms in total. The smallest absolute Gasteiger partial charge is 0.202 e. The van der Waals surface area contributed by atoms with Crippen molar-refractivity contribution >= 4 is 17.1 Å². The van der Waals surface area contributed by atoms with E-state index in [0.29, 0.717) is 12.5 Å². The number of anilines is 1. The highest BCUT2D eigenvalue weighted by Gasteiger charge is 2.09. The molecule has 0 aliphatic heterocycles. The topological polar surface area (TPSA) is 56.7 Å². The molecule has 19 heavy (non-hydrogen) atoms. The first-order valence-electron chi connectivity index (χ1n) is 6.27. The van der Waals surface area contributed by atoms with E-state index in [9.17, 15) is 0 Å². The van der Waals surface area contributed by atoms with Crippen molar-refractivity contribution in [3.05, 3.63) is 53.2 Å². The molecule has 0 amide bonds. The maximum Gasteiger partial charge on any atom is 0.202 e. The summed E-state index contributed by atoms with van der Waals surface area (Å²) in [5.41, 5.74) is 11.2. The molecule has 0 saturated heterocycles. The lowest BCUT2D eigenvalue weighted by Gasteiger charge is -2.06. The number of benzene rings is 1. The van der Waals surface area contributed by atoms with E-state index in [-0.39, 0.29) is 0 Å². The molecule has 2 heterocycles. The fourth-order valence-corrected chi connectivity index (χ4v) is 2.16. The Kier molecular flexibility index (Phi) is 2.71. The van der Waals surface area contributed by atoms with Crippen LogP contribution >= 0.6 is 0 Å². The molecular formula is C15H16N4. The summed E-state index contributed by atoms with van der Waals surface area (Å²) in [5, 5.41) is 0. The van der Waals surface area contributed by atoms with Gasteiger partial charge >= 0.3 is 0 Å². The third kappa shape index (κ3) is 2.17. The molecule has 0 aliphatic rings. The lowest BCUT2D eigenvalue weighted by molar-refractivity contribution is 0.827. The molecule has 3 rings (SSSR count). The van der Waals surface area contributed by atoms with Crippen LogP contribution in [0.1, 0.15) is 16.7 Å². The summed E-state index contributed by atoms with van der Waals surface area (Å²) in [6.07, 6.45) is 1.84. The van der Waals surface area contributed by atoms with Crippen molar-refractivity contribution in [1.82, 2.24) is 14.5 Å². The molecule has 1 aromatic carbocycles. The molecule has 0 radical (unpaired) electrons. The molecular weight excluding hydrogens is 236 g/mol. The van der Waals surface area contributed by atoms with Crippen molar-refractivity contribution < 1.29 is 0 Å². The first kappa shape index (κ1) is 11.7. The van der Waals surface area contributed by atoms with Gasteiger partial charge in [-0.25, -0.2) is 9.97 Å². The van der Waals surface area contributed by atoms with Crippen LogP contribution in [0.3, 0.4) is 0 Å². The van der Waals surface area contributed by atoms with Gasteiger partial charge in [0.25, 0.3) is 0 Å². The van der Waals surface area contributed by atoms with Crippen LogP contribution in [0.25, 0.3) is 11.2 Å². The lowest BCUT2D eigenvalue weighted by Crippen LogP contribution is -2.05. The van der Waals surface area contributed by atoms with Crippen molar-refractivity contribution in [2.45, 2.75) is 20.4 Å². The van der Waals surface area contributed by atoms with E-state index in [1.54, 1.807) is 0 Å². The zero-order valence-electron chi connectivity index (χ0n) is 11.1. The number of hydrogen-bond acceptors (Lipinski definition) is 3. The highest BCUT2D eigenvalue weighted by molar-refractivity contribution is 5.74. The van der Waals surface area contributed by atoms with E-state index in [1.165, 1.54) is 11.1 Å². The highest BCUT2D eigenvalue weighted by Crippen LogP contribution is 2.18. The molecule has 0 fully saturated rings. The van der Waals surface area contributed by atoms with Gasteiger partial charge in [-0.2, -0.15) is 0 Å². The first-order chi connectivity index (χ1) is 9.13. The lowest BCUT2D eigenvalue weighted by atomic mass is 10.1. The Morgan fingerprint density at radius 3 is 2.58 bits per heavy atom. The maximum absolute atomic E-state index is 5.99. The molecule has 2 N–H and O–H groups in total. The number of aryl methyl sites for hydroxylation is 2. The average Bonchev–Trinajstić information content (AvgIpc) is 2.68. The van der Waals surface area contributed by atoms with Crippen molar-refractivity contribution in [3.63, 3.8) is 0 Å². The number of imidazole rings is 1. The van der Waals surface area contributed by atoms with Crippen LogP contribution in [-0.2, 0) is 6.54 Å². The van der Waals surface area contributed by atoms with Crippen LogP contribution < -0.4 is 5.73 Å². The first-order valence-corrected chi connectivity index (χ1v) is 6.27. The van der Waals surface area contributed by atoms with Gasteiger partial charge in [0, 0.05) is 6.20 Å². The Morgan fingerprint density at radius 2 is 1.84 bits per heavy atom. The molecule has 2 aromatic heterocycles. The summed E-state index contributed by atoms with van der Waals surface area (Å²) in [6.45, 7) is 4.77. The maximum atomic E-state index is 5.99. The standard InChI is InChI=1S/C15H16N4/c1-10-3-5-12(6-4-10)9-19-14-13(18-15(19)16)7-11(2)8-17-14/h3-8H,9H2,1-2H3,(H2,16,18). The molecule has 0 unspecified atom stereocenters. The van der Waals surface area contributed by atoms with Crippen molar-refractivity contribution in [2.75, 3.05) is 5.73 Å². The zero-order valence-corrected chi connectivity index (χ0v) is 11.1. The van der Waals surface area contributed by atoms with E-state index in [0.717, 1.165) is 16.7 Å². The van der Waals surface area contributed by atoms with Gasteiger partial charge in [-0.05, 0) is 31.0 Å². The minimum atomic E-state index is 0.508. The SMILES string of the molecule is Cc1ccc(Cn2c(N)nc3cc(C)cnc32)cc1. The predicted molar refractivity (Wildman–Crippen MR) is 77.0 cm³/mol. The summed E-state index contributed by atoms with van der Waals surface area (Å²) >= 11 is 0. The van der Waals surface area contributed by atoms with Gasteiger partial charge in [0.2, 0.25) is 5.95 Å². The number of nitrogens with zero attached hydrogens (tertiary/aromatic N) is 3. The molecule has 0 saturated carbocycles. The van der Waals surface area contributed by atoms with Gasteiger partial charge < -0.3 is 5.73 Å². The number of nitrogen functional groups attached to an aromatic ring is 1. The Morgan fingerprint density at radius 1 is 1.11 bits per heavy atom. The van der Waals surface area contributed by atoms with Crippen LogP contribution in [0.5, 0.6) is 0 Å². The summed E-state index contributed by atoms with van der Waals surface area (Å²) < 4.78 is 1.94. The summed E-state index contributed by atoms with van der Waals surface area (Å²) in [6, 6.07) is 10.4. The van der Waals surface area contributed by atoms with Gasteiger partial charge in [0.1, 0.15) is 5.52 Å². The van der Waals surface area contributed by atoms with Crippen LogP contribution in [-0.4, -0.2) is 14.5 Å². The predicted octanol–water partition coefficient (Wildman–Crippen LogP) is 2.68. The van der Waals surface area contributed by atoms with E-state index >= 15 is 0 Å². The molecule has 0 bridgehead atoms. The Bertz CT molecular complexity index is 726. The average molecular weight is 252 g/mol. The minimum absolute atomic E-state index is 0.508. The summed E-state index contributed by atoms with van der Waals surface area (Å²) in [4.78, 5) is 8.80. The van der Waals surface area contributed by atoms with Crippen LogP contribution in [0.4, 0.5) is 5.95 Å². The molecule has 0 atom stereocenters. The monoisotopic (exact) mass is 252 g/mol. The second kappa shape index (κ2) is 4.39. The second-order valence-electron chi connectivity index (χ2n) is 4.90. The van der Waals surface area contributed by atoms with Crippen molar-refractivity contribution in [2.24, 2.45) is 0 Å². The van der Waals surface area contributed by atoms with Gasteiger partial charge in [-0.1, -0.05) is 29.8 Å². The Labute approximate surface area is 111 Å². The number of pyridine rings is 1. The van der Waals surface area contributed by atoms with Gasteiger partial charge in [0.05, 0.1) is 6.54 Å². The third-order valence-corrected chi connectivity index (χ3v) is 3.21. The van der Waals surface area contributed by atoms with Crippen molar-refractivity contribution in [1.29, 1.82) is 0 Å². The normalized spacial score (nSPS) is 11.1. The highest BCUT2D eigenvalue weighted by atomic mass is 15.2. The van der Waals surface area contributed by atoms with Gasteiger partial charge in [-0.3, -0.25) is 4.57 Å². The Hall–Kier alpha value is -2.36. The van der Waals surface area contributed by atoms with E-state index in [2.05, 4.69) is 41.2 Å². The van der Waals surface area contributed by atoms with Crippen molar-refractivity contribution in [3.8, 4) is 0 Å². The van der Waals surface area contributed by atoms with Gasteiger partial charge in [0.15, 0.2) is 5.65 Å². The van der Waals surface area contributed by atoms with Crippen LogP contribution in [0.2, 0.25) is 0 Å². The molecule has 96 valence electrons. The number of aromatic nitrogens is 3. The second-order valence-corrected chi connectivity index (χ2v) is 4.90. The van der Waals surface area contributed by atoms with Crippen LogP contribution in [0.15, 0.2) is 36.5 Å². The van der Waals surface area contributed by atoms with E-state index in [1.807, 2.05) is 23.8 Å². The number of rotatable bonds is 2. The van der Waals surface area contributed by atoms with Gasteiger partial charge in [-0.15, -0.1) is 0 Å². The molecule has 0 aliphatic carbocycles. The molecule has 3 aromatic rings.